The van der Waals surface area contributed by atoms with Gasteiger partial charge in [0.2, 0.25) is 0 Å². The molecule has 0 bridgehead atoms. The molecular formula is C18H13FN4O. The standard InChI is InChI=1S/C18H13FN4O/c1-12-17(11-21-23(12)16-7-5-14(19)6-8-16)18(24)22-15-4-2-3-13(9-15)10-20/h2-9,11H,1H3,(H,22,24). The molecule has 0 aliphatic rings. The summed E-state index contributed by atoms with van der Waals surface area (Å²) in [5, 5.41) is 15.8. The summed E-state index contributed by atoms with van der Waals surface area (Å²) in [5.74, 6) is -0.658. The number of hydrogen-bond donors (Lipinski definition) is 1. The molecule has 0 saturated carbocycles. The second-order valence-corrected chi connectivity index (χ2v) is 5.18. The number of amides is 1. The molecule has 1 N–H and O–H groups in total. The van der Waals surface area contributed by atoms with E-state index in [1.165, 1.54) is 18.3 Å². The quantitative estimate of drug-likeness (QED) is 0.803. The van der Waals surface area contributed by atoms with Gasteiger partial charge in [-0.25, -0.2) is 9.07 Å². The molecule has 1 amide bonds. The first kappa shape index (κ1) is 15.4. The first-order valence-corrected chi connectivity index (χ1v) is 7.20. The minimum atomic E-state index is -0.334. The van der Waals surface area contributed by atoms with Crippen LogP contribution in [0.15, 0.2) is 54.7 Å². The SMILES string of the molecule is Cc1c(C(=O)Nc2cccc(C#N)c2)cnn1-c1ccc(F)cc1. The molecule has 6 heteroatoms. The molecule has 0 radical (unpaired) electrons. The van der Waals surface area contributed by atoms with E-state index in [0.29, 0.717) is 28.2 Å². The van der Waals surface area contributed by atoms with Gasteiger partial charge in [-0.15, -0.1) is 0 Å². The topological polar surface area (TPSA) is 70.7 Å². The highest BCUT2D eigenvalue weighted by Crippen LogP contribution is 2.17. The summed E-state index contributed by atoms with van der Waals surface area (Å²) in [7, 11) is 0. The third-order valence-corrected chi connectivity index (χ3v) is 3.58. The number of carbonyl (C=O) groups is 1. The molecular weight excluding hydrogens is 307 g/mol. The summed E-state index contributed by atoms with van der Waals surface area (Å²) in [6.07, 6.45) is 1.46. The first-order chi connectivity index (χ1) is 11.6. The molecule has 1 aromatic heterocycles. The van der Waals surface area contributed by atoms with Crippen LogP contribution in [0.5, 0.6) is 0 Å². The molecule has 3 rings (SSSR count). The number of carbonyl (C=O) groups excluding carboxylic acids is 1. The van der Waals surface area contributed by atoms with Gasteiger partial charge in [0, 0.05) is 5.69 Å². The van der Waals surface area contributed by atoms with E-state index in [4.69, 9.17) is 5.26 Å². The van der Waals surface area contributed by atoms with E-state index in [2.05, 4.69) is 10.4 Å². The van der Waals surface area contributed by atoms with E-state index in [9.17, 15) is 9.18 Å². The molecule has 0 atom stereocenters. The van der Waals surface area contributed by atoms with Crippen LogP contribution in [0.3, 0.4) is 0 Å². The Balaban J connectivity index is 1.86. The van der Waals surface area contributed by atoms with Gasteiger partial charge in [-0.1, -0.05) is 6.07 Å². The van der Waals surface area contributed by atoms with Crippen molar-refractivity contribution in [2.45, 2.75) is 6.92 Å². The summed E-state index contributed by atoms with van der Waals surface area (Å²) in [5.41, 5.74) is 2.70. The van der Waals surface area contributed by atoms with Crippen molar-refractivity contribution in [2.75, 3.05) is 5.32 Å². The Morgan fingerprint density at radius 1 is 1.25 bits per heavy atom. The fourth-order valence-electron chi connectivity index (χ4n) is 2.34. The number of nitriles is 1. The van der Waals surface area contributed by atoms with Crippen LogP contribution < -0.4 is 5.32 Å². The van der Waals surface area contributed by atoms with Crippen molar-refractivity contribution in [3.8, 4) is 11.8 Å². The Morgan fingerprint density at radius 3 is 2.71 bits per heavy atom. The molecule has 1 heterocycles. The summed E-state index contributed by atoms with van der Waals surface area (Å²) >= 11 is 0. The van der Waals surface area contributed by atoms with Crippen molar-refractivity contribution in [2.24, 2.45) is 0 Å². The van der Waals surface area contributed by atoms with Crippen LogP contribution in [-0.2, 0) is 0 Å². The molecule has 0 aliphatic heterocycles. The van der Waals surface area contributed by atoms with Crippen LogP contribution in [0, 0.1) is 24.1 Å². The van der Waals surface area contributed by atoms with E-state index in [1.807, 2.05) is 6.07 Å². The average Bonchev–Trinajstić information content (AvgIpc) is 2.97. The smallest absolute Gasteiger partial charge is 0.259 e. The minimum absolute atomic E-state index is 0.323. The Labute approximate surface area is 138 Å². The second kappa shape index (κ2) is 6.34. The lowest BCUT2D eigenvalue weighted by molar-refractivity contribution is 0.102. The summed E-state index contributed by atoms with van der Waals surface area (Å²) in [4.78, 5) is 12.4. The molecule has 24 heavy (non-hydrogen) atoms. The van der Waals surface area contributed by atoms with Crippen molar-refractivity contribution in [3.63, 3.8) is 0 Å². The maximum atomic E-state index is 13.0. The Bertz CT molecular complexity index is 938. The van der Waals surface area contributed by atoms with Crippen LogP contribution >= 0.6 is 0 Å². The lowest BCUT2D eigenvalue weighted by Crippen LogP contribution is -2.13. The number of benzene rings is 2. The van der Waals surface area contributed by atoms with Crippen LogP contribution in [-0.4, -0.2) is 15.7 Å². The number of halogens is 1. The lowest BCUT2D eigenvalue weighted by Gasteiger charge is -2.07. The third kappa shape index (κ3) is 3.01. The molecule has 0 fully saturated rings. The first-order valence-electron chi connectivity index (χ1n) is 7.20. The summed E-state index contributed by atoms with van der Waals surface area (Å²) < 4.78 is 14.6. The number of aromatic nitrogens is 2. The van der Waals surface area contributed by atoms with Crippen molar-refractivity contribution in [3.05, 3.63) is 77.4 Å². The van der Waals surface area contributed by atoms with Gasteiger partial charge >= 0.3 is 0 Å². The van der Waals surface area contributed by atoms with E-state index in [-0.39, 0.29) is 11.7 Å². The van der Waals surface area contributed by atoms with Crippen molar-refractivity contribution >= 4 is 11.6 Å². The Morgan fingerprint density at radius 2 is 2.00 bits per heavy atom. The summed E-state index contributed by atoms with van der Waals surface area (Å²) in [6.45, 7) is 1.76. The van der Waals surface area contributed by atoms with Crippen molar-refractivity contribution < 1.29 is 9.18 Å². The number of nitrogens with one attached hydrogen (secondary N) is 1. The second-order valence-electron chi connectivity index (χ2n) is 5.18. The number of rotatable bonds is 3. The summed E-state index contributed by atoms with van der Waals surface area (Å²) in [6, 6.07) is 14.5. The van der Waals surface area contributed by atoms with Crippen LogP contribution in [0.1, 0.15) is 21.6 Å². The number of hydrogen-bond acceptors (Lipinski definition) is 3. The number of anilines is 1. The predicted molar refractivity (Wildman–Crippen MR) is 87.4 cm³/mol. The number of nitrogens with zero attached hydrogens (tertiary/aromatic N) is 3. The van der Waals surface area contributed by atoms with Gasteiger partial charge in [0.25, 0.3) is 5.91 Å². The highest BCUT2D eigenvalue weighted by molar-refractivity contribution is 6.05. The molecule has 2 aromatic carbocycles. The van der Waals surface area contributed by atoms with E-state index >= 15 is 0 Å². The molecule has 118 valence electrons. The maximum absolute atomic E-state index is 13.0. The van der Waals surface area contributed by atoms with Crippen LogP contribution in [0.4, 0.5) is 10.1 Å². The molecule has 3 aromatic rings. The molecule has 5 nitrogen and oxygen atoms in total. The van der Waals surface area contributed by atoms with Crippen LogP contribution in [0.25, 0.3) is 5.69 Å². The fourth-order valence-corrected chi connectivity index (χ4v) is 2.34. The Kier molecular flexibility index (Phi) is 4.08. The maximum Gasteiger partial charge on any atom is 0.259 e. The zero-order valence-electron chi connectivity index (χ0n) is 12.8. The van der Waals surface area contributed by atoms with E-state index < -0.39 is 0 Å². The third-order valence-electron chi connectivity index (χ3n) is 3.58. The molecule has 0 saturated heterocycles. The van der Waals surface area contributed by atoms with Gasteiger partial charge in [0.05, 0.1) is 34.8 Å². The molecule has 0 spiro atoms. The zero-order valence-corrected chi connectivity index (χ0v) is 12.8. The highest BCUT2D eigenvalue weighted by Gasteiger charge is 2.15. The normalized spacial score (nSPS) is 10.2. The predicted octanol–water partition coefficient (Wildman–Crippen LogP) is 3.44. The van der Waals surface area contributed by atoms with Gasteiger partial charge in [-0.3, -0.25) is 4.79 Å². The van der Waals surface area contributed by atoms with E-state index in [1.54, 1.807) is 48.0 Å². The highest BCUT2D eigenvalue weighted by atomic mass is 19.1. The van der Waals surface area contributed by atoms with Crippen LogP contribution in [0.2, 0.25) is 0 Å². The van der Waals surface area contributed by atoms with Gasteiger partial charge in [-0.2, -0.15) is 10.4 Å². The average molecular weight is 320 g/mol. The monoisotopic (exact) mass is 320 g/mol. The van der Waals surface area contributed by atoms with Gasteiger partial charge in [0.15, 0.2) is 0 Å². The van der Waals surface area contributed by atoms with Gasteiger partial charge < -0.3 is 5.32 Å². The van der Waals surface area contributed by atoms with Gasteiger partial charge in [0.1, 0.15) is 5.82 Å². The van der Waals surface area contributed by atoms with Gasteiger partial charge in [-0.05, 0) is 49.4 Å². The zero-order chi connectivity index (χ0) is 17.1. The lowest BCUT2D eigenvalue weighted by atomic mass is 10.2. The fraction of sp³-hybridized carbons (Fsp3) is 0.0556. The minimum Gasteiger partial charge on any atom is -0.322 e. The Hall–Kier alpha value is -3.46. The van der Waals surface area contributed by atoms with Crippen molar-refractivity contribution in [1.82, 2.24) is 9.78 Å². The molecule has 0 unspecified atom stereocenters. The largest absolute Gasteiger partial charge is 0.322 e. The van der Waals surface area contributed by atoms with E-state index in [0.717, 1.165) is 0 Å². The molecule has 0 aliphatic carbocycles. The van der Waals surface area contributed by atoms with Crippen molar-refractivity contribution in [1.29, 1.82) is 5.26 Å².